The van der Waals surface area contributed by atoms with Crippen LogP contribution < -0.4 is 5.73 Å². The molecule has 88 valence electrons. The van der Waals surface area contributed by atoms with Gasteiger partial charge in [-0.15, -0.1) is 0 Å². The van der Waals surface area contributed by atoms with Gasteiger partial charge in [0.2, 0.25) is 0 Å². The maximum absolute atomic E-state index is 5.62. The maximum Gasteiger partial charge on any atom is 0.0235 e. The van der Waals surface area contributed by atoms with Crippen molar-refractivity contribution in [2.75, 3.05) is 32.7 Å². The van der Waals surface area contributed by atoms with Gasteiger partial charge in [0.15, 0.2) is 0 Å². The average Bonchev–Trinajstić information content (AvgIpc) is 2.89. The molecule has 0 aromatic rings. The molecule has 0 amide bonds. The Morgan fingerprint density at radius 1 is 1.27 bits per heavy atom. The molecule has 0 spiro atoms. The highest BCUT2D eigenvalue weighted by molar-refractivity contribution is 4.87. The second-order valence-corrected chi connectivity index (χ2v) is 5.11. The molecule has 2 atom stereocenters. The molecule has 3 nitrogen and oxygen atoms in total. The largest absolute Gasteiger partial charge is 0.330 e. The van der Waals surface area contributed by atoms with Gasteiger partial charge in [0, 0.05) is 25.2 Å². The Labute approximate surface area is 93.6 Å². The van der Waals surface area contributed by atoms with Crippen LogP contribution in [-0.4, -0.2) is 54.6 Å². The Morgan fingerprint density at radius 3 is 2.67 bits per heavy atom. The first-order valence-corrected chi connectivity index (χ1v) is 6.49. The van der Waals surface area contributed by atoms with Gasteiger partial charge in [-0.1, -0.05) is 0 Å². The van der Waals surface area contributed by atoms with Crippen LogP contribution in [0.5, 0.6) is 0 Å². The van der Waals surface area contributed by atoms with Crippen LogP contribution in [0.25, 0.3) is 0 Å². The normalized spacial score (nSPS) is 31.2. The zero-order valence-electron chi connectivity index (χ0n) is 9.99. The van der Waals surface area contributed by atoms with E-state index in [0.29, 0.717) is 6.04 Å². The molecule has 0 bridgehead atoms. The fourth-order valence-corrected chi connectivity index (χ4v) is 3.00. The average molecular weight is 211 g/mol. The van der Waals surface area contributed by atoms with Gasteiger partial charge < -0.3 is 5.73 Å². The van der Waals surface area contributed by atoms with Crippen LogP contribution in [-0.2, 0) is 0 Å². The molecule has 2 fully saturated rings. The minimum absolute atomic E-state index is 0.683. The summed E-state index contributed by atoms with van der Waals surface area (Å²) >= 11 is 0. The maximum atomic E-state index is 5.62. The third-order valence-electron chi connectivity index (χ3n) is 4.06. The number of nitrogens with two attached hydrogens (primary N) is 1. The van der Waals surface area contributed by atoms with Gasteiger partial charge in [-0.25, -0.2) is 0 Å². The van der Waals surface area contributed by atoms with Crippen molar-refractivity contribution >= 4 is 0 Å². The summed E-state index contributed by atoms with van der Waals surface area (Å²) < 4.78 is 0. The third kappa shape index (κ3) is 2.71. The first-order chi connectivity index (χ1) is 7.31. The van der Waals surface area contributed by atoms with Gasteiger partial charge in [-0.2, -0.15) is 0 Å². The lowest BCUT2D eigenvalue weighted by Gasteiger charge is -2.26. The second-order valence-electron chi connectivity index (χ2n) is 5.11. The molecule has 2 aliphatic rings. The zero-order chi connectivity index (χ0) is 10.7. The van der Waals surface area contributed by atoms with Gasteiger partial charge in [0.05, 0.1) is 0 Å². The first kappa shape index (κ1) is 11.4. The van der Waals surface area contributed by atoms with Crippen molar-refractivity contribution in [1.82, 2.24) is 9.80 Å². The summed E-state index contributed by atoms with van der Waals surface area (Å²) in [6.45, 7) is 8.38. The van der Waals surface area contributed by atoms with E-state index in [2.05, 4.69) is 16.7 Å². The Hall–Kier alpha value is -0.120. The summed E-state index contributed by atoms with van der Waals surface area (Å²) in [5.41, 5.74) is 5.62. The molecule has 0 saturated carbocycles. The first-order valence-electron chi connectivity index (χ1n) is 6.49. The quantitative estimate of drug-likeness (QED) is 0.750. The lowest BCUT2D eigenvalue weighted by atomic mass is 10.2. The molecule has 0 radical (unpaired) electrons. The minimum Gasteiger partial charge on any atom is -0.330 e. The van der Waals surface area contributed by atoms with Crippen molar-refractivity contribution in [2.45, 2.75) is 44.7 Å². The van der Waals surface area contributed by atoms with Crippen LogP contribution in [0, 0.1) is 0 Å². The van der Waals surface area contributed by atoms with Crippen LogP contribution in [0.4, 0.5) is 0 Å². The molecule has 2 N–H and O–H groups in total. The number of hydrogen-bond donors (Lipinski definition) is 1. The SMILES string of the molecule is CC(CCN)N1CCC(N2CCCC2)C1. The topological polar surface area (TPSA) is 32.5 Å². The fourth-order valence-electron chi connectivity index (χ4n) is 3.00. The van der Waals surface area contributed by atoms with Crippen LogP contribution in [0.2, 0.25) is 0 Å². The van der Waals surface area contributed by atoms with Crippen molar-refractivity contribution < 1.29 is 0 Å². The molecule has 0 aromatic carbocycles. The minimum atomic E-state index is 0.683. The van der Waals surface area contributed by atoms with Crippen LogP contribution in [0.15, 0.2) is 0 Å². The summed E-state index contributed by atoms with van der Waals surface area (Å²) in [4.78, 5) is 5.31. The van der Waals surface area contributed by atoms with Crippen molar-refractivity contribution in [1.29, 1.82) is 0 Å². The number of likely N-dealkylation sites (tertiary alicyclic amines) is 2. The second kappa shape index (κ2) is 5.28. The van der Waals surface area contributed by atoms with E-state index in [9.17, 15) is 0 Å². The molecule has 2 aliphatic heterocycles. The molecule has 2 heterocycles. The summed E-state index contributed by atoms with van der Waals surface area (Å²) in [5.74, 6) is 0. The molecule has 2 saturated heterocycles. The zero-order valence-corrected chi connectivity index (χ0v) is 9.99. The van der Waals surface area contributed by atoms with Gasteiger partial charge in [0.25, 0.3) is 0 Å². The van der Waals surface area contributed by atoms with Gasteiger partial charge >= 0.3 is 0 Å². The van der Waals surface area contributed by atoms with E-state index in [1.807, 2.05) is 0 Å². The van der Waals surface area contributed by atoms with Crippen molar-refractivity contribution in [3.8, 4) is 0 Å². The predicted molar refractivity (Wildman–Crippen MR) is 63.9 cm³/mol. The third-order valence-corrected chi connectivity index (χ3v) is 4.06. The van der Waals surface area contributed by atoms with Crippen molar-refractivity contribution in [2.24, 2.45) is 5.73 Å². The standard InChI is InChI=1S/C12H25N3/c1-11(4-6-13)15-9-5-12(10-15)14-7-2-3-8-14/h11-12H,2-10,13H2,1H3. The van der Waals surface area contributed by atoms with Gasteiger partial charge in [0.1, 0.15) is 0 Å². The van der Waals surface area contributed by atoms with Crippen molar-refractivity contribution in [3.05, 3.63) is 0 Å². The highest BCUT2D eigenvalue weighted by Gasteiger charge is 2.30. The van der Waals surface area contributed by atoms with E-state index in [0.717, 1.165) is 19.0 Å². The number of nitrogens with zero attached hydrogens (tertiary/aromatic N) is 2. The van der Waals surface area contributed by atoms with Crippen LogP contribution in [0.3, 0.4) is 0 Å². The number of rotatable bonds is 4. The highest BCUT2D eigenvalue weighted by Crippen LogP contribution is 2.22. The van der Waals surface area contributed by atoms with E-state index < -0.39 is 0 Å². The molecule has 3 heteroatoms. The van der Waals surface area contributed by atoms with E-state index in [1.54, 1.807) is 0 Å². The monoisotopic (exact) mass is 211 g/mol. The van der Waals surface area contributed by atoms with E-state index in [1.165, 1.54) is 45.4 Å². The lowest BCUT2D eigenvalue weighted by molar-refractivity contribution is 0.203. The molecule has 15 heavy (non-hydrogen) atoms. The summed E-state index contributed by atoms with van der Waals surface area (Å²) in [7, 11) is 0. The van der Waals surface area contributed by atoms with Gasteiger partial charge in [-0.05, 0) is 52.2 Å². The molecule has 0 aliphatic carbocycles. The Kier molecular flexibility index (Phi) is 4.00. The summed E-state index contributed by atoms with van der Waals surface area (Å²) in [5, 5.41) is 0. The van der Waals surface area contributed by atoms with Crippen LogP contribution in [0.1, 0.15) is 32.6 Å². The van der Waals surface area contributed by atoms with Crippen LogP contribution >= 0.6 is 0 Å². The Morgan fingerprint density at radius 2 is 2.00 bits per heavy atom. The summed E-state index contributed by atoms with van der Waals surface area (Å²) in [6.07, 6.45) is 5.34. The van der Waals surface area contributed by atoms with E-state index in [4.69, 9.17) is 5.73 Å². The summed E-state index contributed by atoms with van der Waals surface area (Å²) in [6, 6.07) is 1.52. The molecule has 2 rings (SSSR count). The molecular weight excluding hydrogens is 186 g/mol. The van der Waals surface area contributed by atoms with Crippen molar-refractivity contribution in [3.63, 3.8) is 0 Å². The van der Waals surface area contributed by atoms with E-state index >= 15 is 0 Å². The van der Waals surface area contributed by atoms with E-state index in [-0.39, 0.29) is 0 Å². The smallest absolute Gasteiger partial charge is 0.0235 e. The highest BCUT2D eigenvalue weighted by atomic mass is 15.3. The predicted octanol–water partition coefficient (Wildman–Crippen LogP) is 0.894. The molecular formula is C12H25N3. The lowest BCUT2D eigenvalue weighted by Crippen LogP contribution is -2.38. The molecule has 2 unspecified atom stereocenters. The van der Waals surface area contributed by atoms with Gasteiger partial charge in [-0.3, -0.25) is 9.80 Å². The Bertz CT molecular complexity index is 189. The fraction of sp³-hybridized carbons (Fsp3) is 1.00. The molecule has 0 aromatic heterocycles. The number of hydrogen-bond acceptors (Lipinski definition) is 3. The Balaban J connectivity index is 1.78.